The van der Waals surface area contributed by atoms with E-state index in [0.29, 0.717) is 54.4 Å². The zero-order valence-electron chi connectivity index (χ0n) is 21.3. The number of rotatable bonds is 8. The summed E-state index contributed by atoms with van der Waals surface area (Å²) in [4.78, 5) is 14.0. The minimum Gasteiger partial charge on any atom is -0.492 e. The maximum absolute atomic E-state index is 11.7. The molecule has 0 aromatic heterocycles. The molecule has 194 valence electrons. The van der Waals surface area contributed by atoms with E-state index < -0.39 is 0 Å². The van der Waals surface area contributed by atoms with Gasteiger partial charge >= 0.3 is 0 Å². The number of nitrogens with zero attached hydrogens (tertiary/aromatic N) is 1. The molecule has 1 saturated heterocycles. The standard InChI is InChI=1S/C30H32ClNO5/c1-20-23(6-3-7-25(20)22-8-9-27-30(14-22)35-12-11-34-27)19-37-29-15-28(24(17-33)13-26(29)31)36-18-21-5-4-10-32(2)16-21/h3,6-9,13-15,17,21H,4-5,10-12,16,18-19H2,1-2H3. The minimum absolute atomic E-state index is 0.331. The van der Waals surface area contributed by atoms with Crippen LogP contribution in [0.15, 0.2) is 48.5 Å². The molecule has 0 bridgehead atoms. The summed E-state index contributed by atoms with van der Waals surface area (Å²) in [6.07, 6.45) is 3.06. The summed E-state index contributed by atoms with van der Waals surface area (Å²) < 4.78 is 23.7. The van der Waals surface area contributed by atoms with Crippen LogP contribution in [0.1, 0.15) is 34.3 Å². The number of hydrogen-bond donors (Lipinski definition) is 0. The van der Waals surface area contributed by atoms with E-state index in [1.54, 1.807) is 12.1 Å². The van der Waals surface area contributed by atoms with Crippen LogP contribution in [0, 0.1) is 12.8 Å². The highest BCUT2D eigenvalue weighted by atomic mass is 35.5. The van der Waals surface area contributed by atoms with E-state index in [9.17, 15) is 4.79 Å². The smallest absolute Gasteiger partial charge is 0.161 e. The normalized spacial score (nSPS) is 17.3. The van der Waals surface area contributed by atoms with Crippen LogP contribution < -0.4 is 18.9 Å². The van der Waals surface area contributed by atoms with Crippen molar-refractivity contribution in [1.29, 1.82) is 0 Å². The van der Waals surface area contributed by atoms with Crippen LogP contribution in [0.5, 0.6) is 23.0 Å². The fraction of sp³-hybridized carbons (Fsp3) is 0.367. The number of carbonyl (C=O) groups is 1. The molecule has 5 rings (SSSR count). The Morgan fingerprint density at radius 3 is 2.70 bits per heavy atom. The first-order valence-corrected chi connectivity index (χ1v) is 13.1. The number of halogens is 1. The molecule has 0 aliphatic carbocycles. The monoisotopic (exact) mass is 521 g/mol. The highest BCUT2D eigenvalue weighted by Crippen LogP contribution is 2.37. The van der Waals surface area contributed by atoms with Crippen molar-refractivity contribution in [2.75, 3.05) is 40.0 Å². The molecule has 1 unspecified atom stereocenters. The summed E-state index contributed by atoms with van der Waals surface area (Å²) in [6, 6.07) is 15.5. The van der Waals surface area contributed by atoms with Gasteiger partial charge in [0.15, 0.2) is 17.8 Å². The molecule has 7 heteroatoms. The van der Waals surface area contributed by atoms with Gasteiger partial charge in [0, 0.05) is 18.5 Å². The molecule has 2 heterocycles. The Bertz CT molecular complexity index is 1280. The van der Waals surface area contributed by atoms with E-state index >= 15 is 0 Å². The number of ether oxygens (including phenoxy) is 4. The fourth-order valence-corrected chi connectivity index (χ4v) is 5.24. The summed E-state index contributed by atoms with van der Waals surface area (Å²) in [5.74, 6) is 2.97. The predicted molar refractivity (Wildman–Crippen MR) is 144 cm³/mol. The molecule has 2 aliphatic heterocycles. The summed E-state index contributed by atoms with van der Waals surface area (Å²) >= 11 is 6.48. The van der Waals surface area contributed by atoms with Gasteiger partial charge in [-0.15, -0.1) is 0 Å². The molecule has 0 saturated carbocycles. The van der Waals surface area contributed by atoms with Crippen molar-refractivity contribution >= 4 is 17.9 Å². The molecular weight excluding hydrogens is 490 g/mol. The van der Waals surface area contributed by atoms with Crippen LogP contribution in [0.2, 0.25) is 5.02 Å². The van der Waals surface area contributed by atoms with E-state index in [2.05, 4.69) is 24.9 Å². The number of benzene rings is 3. The van der Waals surface area contributed by atoms with Gasteiger partial charge in [0.2, 0.25) is 0 Å². The molecule has 0 spiro atoms. The SMILES string of the molecule is Cc1c(COc2cc(OCC3CCCN(C)C3)c(C=O)cc2Cl)cccc1-c1ccc2c(c1)OCCO2. The largest absolute Gasteiger partial charge is 0.492 e. The van der Waals surface area contributed by atoms with Crippen LogP contribution in [-0.2, 0) is 6.61 Å². The van der Waals surface area contributed by atoms with Gasteiger partial charge in [-0.25, -0.2) is 0 Å². The maximum Gasteiger partial charge on any atom is 0.161 e. The van der Waals surface area contributed by atoms with Gasteiger partial charge in [-0.05, 0) is 73.8 Å². The summed E-state index contributed by atoms with van der Waals surface area (Å²) in [5.41, 5.74) is 4.73. The average molecular weight is 522 g/mol. The second kappa shape index (κ2) is 11.4. The molecule has 1 fully saturated rings. The van der Waals surface area contributed by atoms with Gasteiger partial charge in [-0.2, -0.15) is 0 Å². The number of carbonyl (C=O) groups excluding carboxylic acids is 1. The first kappa shape index (κ1) is 25.4. The van der Waals surface area contributed by atoms with Crippen molar-refractivity contribution in [1.82, 2.24) is 4.90 Å². The Morgan fingerprint density at radius 1 is 1.05 bits per heavy atom. The summed E-state index contributed by atoms with van der Waals surface area (Å²) in [5, 5.41) is 0.382. The third-order valence-electron chi connectivity index (χ3n) is 7.07. The van der Waals surface area contributed by atoms with Gasteiger partial charge in [0.1, 0.15) is 31.3 Å². The first-order chi connectivity index (χ1) is 18.0. The van der Waals surface area contributed by atoms with Gasteiger partial charge in [-0.3, -0.25) is 4.79 Å². The Labute approximate surface area is 223 Å². The molecular formula is C30H32ClNO5. The lowest BCUT2D eigenvalue weighted by Gasteiger charge is -2.29. The zero-order valence-corrected chi connectivity index (χ0v) is 22.1. The first-order valence-electron chi connectivity index (χ1n) is 12.7. The molecule has 2 aliphatic rings. The van der Waals surface area contributed by atoms with Crippen molar-refractivity contribution in [3.8, 4) is 34.1 Å². The van der Waals surface area contributed by atoms with E-state index in [1.807, 2.05) is 30.3 Å². The Morgan fingerprint density at radius 2 is 1.89 bits per heavy atom. The van der Waals surface area contributed by atoms with Crippen molar-refractivity contribution in [2.24, 2.45) is 5.92 Å². The highest BCUT2D eigenvalue weighted by molar-refractivity contribution is 6.32. The fourth-order valence-electron chi connectivity index (χ4n) is 5.01. The Kier molecular flexibility index (Phi) is 7.87. The van der Waals surface area contributed by atoms with Crippen LogP contribution in [0.3, 0.4) is 0 Å². The van der Waals surface area contributed by atoms with E-state index in [4.69, 9.17) is 30.5 Å². The number of fused-ring (bicyclic) bond motifs is 1. The van der Waals surface area contributed by atoms with Crippen LogP contribution >= 0.6 is 11.6 Å². The Hall–Kier alpha value is -3.22. The van der Waals surface area contributed by atoms with Crippen molar-refractivity contribution in [3.05, 3.63) is 70.2 Å². The van der Waals surface area contributed by atoms with Crippen LogP contribution in [0.25, 0.3) is 11.1 Å². The second-order valence-electron chi connectivity index (χ2n) is 9.76. The number of likely N-dealkylation sites (tertiary alicyclic amines) is 1. The lowest BCUT2D eigenvalue weighted by atomic mass is 9.96. The van der Waals surface area contributed by atoms with Crippen molar-refractivity contribution in [3.63, 3.8) is 0 Å². The maximum atomic E-state index is 11.7. The molecule has 0 radical (unpaired) electrons. The van der Waals surface area contributed by atoms with Crippen molar-refractivity contribution < 1.29 is 23.7 Å². The molecule has 1 atom stereocenters. The van der Waals surface area contributed by atoms with E-state index in [0.717, 1.165) is 66.0 Å². The minimum atomic E-state index is 0.331. The number of piperidine rings is 1. The van der Waals surface area contributed by atoms with Gasteiger partial charge in [-0.1, -0.05) is 35.9 Å². The number of aldehydes is 1. The quantitative estimate of drug-likeness (QED) is 0.329. The van der Waals surface area contributed by atoms with Gasteiger partial charge < -0.3 is 23.8 Å². The molecule has 3 aromatic carbocycles. The third kappa shape index (κ3) is 5.86. The second-order valence-corrected chi connectivity index (χ2v) is 10.2. The average Bonchev–Trinajstić information content (AvgIpc) is 2.92. The molecule has 0 N–H and O–H groups in total. The summed E-state index contributed by atoms with van der Waals surface area (Å²) in [7, 11) is 2.13. The van der Waals surface area contributed by atoms with E-state index in [1.165, 1.54) is 0 Å². The zero-order chi connectivity index (χ0) is 25.8. The highest BCUT2D eigenvalue weighted by Gasteiger charge is 2.20. The molecule has 3 aromatic rings. The molecule has 0 amide bonds. The van der Waals surface area contributed by atoms with Gasteiger partial charge in [0.25, 0.3) is 0 Å². The predicted octanol–water partition coefficient (Wildman–Crippen LogP) is 6.20. The van der Waals surface area contributed by atoms with E-state index in [-0.39, 0.29) is 0 Å². The third-order valence-corrected chi connectivity index (χ3v) is 7.37. The van der Waals surface area contributed by atoms with Crippen LogP contribution in [0.4, 0.5) is 0 Å². The topological polar surface area (TPSA) is 57.2 Å². The lowest BCUT2D eigenvalue weighted by molar-refractivity contribution is 0.111. The Balaban J connectivity index is 1.31. The number of hydrogen-bond acceptors (Lipinski definition) is 6. The van der Waals surface area contributed by atoms with Crippen molar-refractivity contribution in [2.45, 2.75) is 26.4 Å². The lowest BCUT2D eigenvalue weighted by Crippen LogP contribution is -2.34. The molecule has 37 heavy (non-hydrogen) atoms. The molecule has 6 nitrogen and oxygen atoms in total. The van der Waals surface area contributed by atoms with Crippen LogP contribution in [-0.4, -0.2) is 51.1 Å². The van der Waals surface area contributed by atoms with Gasteiger partial charge in [0.05, 0.1) is 17.2 Å². The summed E-state index contributed by atoms with van der Waals surface area (Å²) in [6.45, 7) is 6.20.